The summed E-state index contributed by atoms with van der Waals surface area (Å²) in [6, 6.07) is 6.07. The summed E-state index contributed by atoms with van der Waals surface area (Å²) in [4.78, 5) is 2.44. The van der Waals surface area contributed by atoms with E-state index >= 15 is 0 Å². The fourth-order valence-electron chi connectivity index (χ4n) is 2.32. The molecule has 0 radical (unpaired) electrons. The molecule has 0 aromatic heterocycles. The van der Waals surface area contributed by atoms with Gasteiger partial charge < -0.3 is 5.73 Å². The van der Waals surface area contributed by atoms with E-state index < -0.39 is 0 Å². The monoisotopic (exact) mass is 286 g/mol. The highest BCUT2D eigenvalue weighted by Crippen LogP contribution is 2.33. The summed E-state index contributed by atoms with van der Waals surface area (Å²) in [6.45, 7) is 4.94. The van der Waals surface area contributed by atoms with Crippen LogP contribution >= 0.6 is 23.2 Å². The maximum atomic E-state index is 6.09. The topological polar surface area (TPSA) is 29.3 Å². The molecule has 1 aliphatic rings. The molecule has 1 aliphatic carbocycles. The Morgan fingerprint density at radius 2 is 2.06 bits per heavy atom. The maximum absolute atomic E-state index is 6.09. The number of nitrogens with zero attached hydrogens (tertiary/aromatic N) is 1. The molecule has 0 aliphatic heterocycles. The molecule has 4 heteroatoms. The SMILES string of the molecule is CCN(CC1CC1)C(CN)c1ccc(Cl)c(Cl)c1. The fourth-order valence-corrected chi connectivity index (χ4v) is 2.63. The van der Waals surface area contributed by atoms with Gasteiger partial charge in [0.1, 0.15) is 0 Å². The summed E-state index contributed by atoms with van der Waals surface area (Å²) in [5, 5.41) is 1.21. The van der Waals surface area contributed by atoms with Crippen molar-refractivity contribution < 1.29 is 0 Å². The van der Waals surface area contributed by atoms with Crippen molar-refractivity contribution in [2.45, 2.75) is 25.8 Å². The molecule has 1 unspecified atom stereocenters. The molecule has 1 aromatic carbocycles. The standard InChI is InChI=1S/C14H20Cl2N2/c1-2-18(9-10-3-4-10)14(8-17)11-5-6-12(15)13(16)7-11/h5-7,10,14H,2-4,8-9,17H2,1H3. The minimum absolute atomic E-state index is 0.241. The molecule has 18 heavy (non-hydrogen) atoms. The molecule has 1 atom stereocenters. The number of hydrogen-bond acceptors (Lipinski definition) is 2. The van der Waals surface area contributed by atoms with Crippen LogP contribution in [0.4, 0.5) is 0 Å². The van der Waals surface area contributed by atoms with Crippen molar-refractivity contribution in [3.05, 3.63) is 33.8 Å². The molecular formula is C14H20Cl2N2. The van der Waals surface area contributed by atoms with E-state index in [-0.39, 0.29) is 6.04 Å². The molecule has 0 heterocycles. The van der Waals surface area contributed by atoms with Gasteiger partial charge in [-0.2, -0.15) is 0 Å². The van der Waals surface area contributed by atoms with Crippen LogP contribution in [0.2, 0.25) is 10.0 Å². The molecule has 0 amide bonds. The lowest BCUT2D eigenvalue weighted by atomic mass is 10.0. The van der Waals surface area contributed by atoms with Gasteiger partial charge in [-0.3, -0.25) is 4.90 Å². The van der Waals surface area contributed by atoms with Gasteiger partial charge in [0.15, 0.2) is 0 Å². The van der Waals surface area contributed by atoms with E-state index in [0.29, 0.717) is 16.6 Å². The summed E-state index contributed by atoms with van der Waals surface area (Å²) < 4.78 is 0. The molecule has 1 fully saturated rings. The van der Waals surface area contributed by atoms with Crippen LogP contribution in [0.5, 0.6) is 0 Å². The molecule has 2 N–H and O–H groups in total. The van der Waals surface area contributed by atoms with Crippen molar-refractivity contribution >= 4 is 23.2 Å². The van der Waals surface area contributed by atoms with Gasteiger partial charge in [0, 0.05) is 19.1 Å². The lowest BCUT2D eigenvalue weighted by Crippen LogP contribution is -2.35. The lowest BCUT2D eigenvalue weighted by molar-refractivity contribution is 0.203. The van der Waals surface area contributed by atoms with E-state index in [0.717, 1.165) is 24.6 Å². The summed E-state index contributed by atoms with van der Waals surface area (Å²) >= 11 is 12.0. The molecule has 2 nitrogen and oxygen atoms in total. The Balaban J connectivity index is 2.16. The van der Waals surface area contributed by atoms with E-state index in [1.807, 2.05) is 18.2 Å². The summed E-state index contributed by atoms with van der Waals surface area (Å²) in [6.07, 6.45) is 2.71. The third-order valence-corrected chi connectivity index (χ3v) is 4.33. The van der Waals surface area contributed by atoms with Crippen LogP contribution in [-0.4, -0.2) is 24.5 Å². The molecule has 0 spiro atoms. The van der Waals surface area contributed by atoms with Gasteiger partial charge in [0.25, 0.3) is 0 Å². The molecule has 2 rings (SSSR count). The number of halogens is 2. The molecular weight excluding hydrogens is 267 g/mol. The highest BCUT2D eigenvalue weighted by molar-refractivity contribution is 6.42. The molecule has 0 saturated heterocycles. The predicted molar refractivity (Wildman–Crippen MR) is 78.2 cm³/mol. The van der Waals surface area contributed by atoms with E-state index in [9.17, 15) is 0 Å². The van der Waals surface area contributed by atoms with Crippen LogP contribution in [0.3, 0.4) is 0 Å². The maximum Gasteiger partial charge on any atom is 0.0595 e. The molecule has 0 bridgehead atoms. The summed E-state index contributed by atoms with van der Waals surface area (Å²) in [7, 11) is 0. The Kier molecular flexibility index (Phi) is 4.91. The number of likely N-dealkylation sites (N-methyl/N-ethyl adjacent to an activating group) is 1. The third kappa shape index (κ3) is 3.39. The van der Waals surface area contributed by atoms with Gasteiger partial charge >= 0.3 is 0 Å². The first-order valence-electron chi connectivity index (χ1n) is 6.54. The van der Waals surface area contributed by atoms with Crippen molar-refractivity contribution in [2.24, 2.45) is 11.7 Å². The van der Waals surface area contributed by atoms with Crippen LogP contribution in [-0.2, 0) is 0 Å². The zero-order chi connectivity index (χ0) is 13.1. The van der Waals surface area contributed by atoms with Crippen molar-refractivity contribution in [2.75, 3.05) is 19.6 Å². The lowest BCUT2D eigenvalue weighted by Gasteiger charge is -2.30. The van der Waals surface area contributed by atoms with Crippen molar-refractivity contribution in [1.29, 1.82) is 0 Å². The molecule has 1 saturated carbocycles. The minimum atomic E-state index is 0.241. The van der Waals surface area contributed by atoms with E-state index in [1.54, 1.807) is 0 Å². The van der Waals surface area contributed by atoms with Crippen LogP contribution in [0.1, 0.15) is 31.4 Å². The normalized spacial score (nSPS) is 17.2. The van der Waals surface area contributed by atoms with Gasteiger partial charge in [0.2, 0.25) is 0 Å². The summed E-state index contributed by atoms with van der Waals surface area (Å²) in [5.74, 6) is 0.863. The fraction of sp³-hybridized carbons (Fsp3) is 0.571. The van der Waals surface area contributed by atoms with E-state index in [1.165, 1.54) is 12.8 Å². The first kappa shape index (κ1) is 14.1. The van der Waals surface area contributed by atoms with Crippen LogP contribution in [0, 0.1) is 5.92 Å². The second-order valence-corrected chi connectivity index (χ2v) is 5.77. The number of hydrogen-bond donors (Lipinski definition) is 1. The van der Waals surface area contributed by atoms with E-state index in [2.05, 4.69) is 11.8 Å². The summed E-state index contributed by atoms with van der Waals surface area (Å²) in [5.41, 5.74) is 7.11. The molecule has 100 valence electrons. The number of rotatable bonds is 6. The third-order valence-electron chi connectivity index (χ3n) is 3.59. The zero-order valence-electron chi connectivity index (χ0n) is 10.7. The average Bonchev–Trinajstić information content (AvgIpc) is 3.17. The van der Waals surface area contributed by atoms with Gasteiger partial charge in [-0.1, -0.05) is 36.2 Å². The number of benzene rings is 1. The van der Waals surface area contributed by atoms with Crippen LogP contribution in [0.15, 0.2) is 18.2 Å². The Bertz CT molecular complexity index is 405. The van der Waals surface area contributed by atoms with Gasteiger partial charge in [-0.15, -0.1) is 0 Å². The van der Waals surface area contributed by atoms with Gasteiger partial charge in [-0.25, -0.2) is 0 Å². The van der Waals surface area contributed by atoms with Crippen molar-refractivity contribution in [1.82, 2.24) is 4.90 Å². The van der Waals surface area contributed by atoms with E-state index in [4.69, 9.17) is 28.9 Å². The quantitative estimate of drug-likeness (QED) is 0.864. The largest absolute Gasteiger partial charge is 0.329 e. The Morgan fingerprint density at radius 1 is 1.33 bits per heavy atom. The second kappa shape index (κ2) is 6.25. The predicted octanol–water partition coefficient (Wildman–Crippen LogP) is 3.73. The average molecular weight is 287 g/mol. The number of nitrogens with two attached hydrogens (primary N) is 1. The second-order valence-electron chi connectivity index (χ2n) is 4.96. The Labute approximate surface area is 119 Å². The minimum Gasteiger partial charge on any atom is -0.329 e. The van der Waals surface area contributed by atoms with Crippen molar-refractivity contribution in [3.8, 4) is 0 Å². The zero-order valence-corrected chi connectivity index (χ0v) is 12.2. The first-order valence-corrected chi connectivity index (χ1v) is 7.30. The Hall–Kier alpha value is -0.280. The Morgan fingerprint density at radius 3 is 2.56 bits per heavy atom. The highest BCUT2D eigenvalue weighted by Gasteiger charge is 2.27. The highest BCUT2D eigenvalue weighted by atomic mass is 35.5. The van der Waals surface area contributed by atoms with Crippen molar-refractivity contribution in [3.63, 3.8) is 0 Å². The smallest absolute Gasteiger partial charge is 0.0595 e. The molecule has 1 aromatic rings. The van der Waals surface area contributed by atoms with Gasteiger partial charge in [0.05, 0.1) is 10.0 Å². The van der Waals surface area contributed by atoms with Gasteiger partial charge in [-0.05, 0) is 43.0 Å². The first-order chi connectivity index (χ1) is 8.65. The van der Waals surface area contributed by atoms with Crippen LogP contribution < -0.4 is 5.73 Å². The van der Waals surface area contributed by atoms with Crippen LogP contribution in [0.25, 0.3) is 0 Å².